The lowest BCUT2D eigenvalue weighted by molar-refractivity contribution is -0.115. The van der Waals surface area contributed by atoms with E-state index in [4.69, 9.17) is 4.98 Å². The van der Waals surface area contributed by atoms with E-state index < -0.39 is 0 Å². The van der Waals surface area contributed by atoms with Crippen molar-refractivity contribution >= 4 is 17.4 Å². The van der Waals surface area contributed by atoms with Crippen LogP contribution in [-0.2, 0) is 24.3 Å². The van der Waals surface area contributed by atoms with E-state index in [2.05, 4.69) is 58.7 Å². The summed E-state index contributed by atoms with van der Waals surface area (Å²) in [4.78, 5) is 19.6. The van der Waals surface area contributed by atoms with Crippen molar-refractivity contribution in [2.24, 2.45) is 0 Å². The van der Waals surface area contributed by atoms with Crippen LogP contribution >= 0.6 is 0 Å². The predicted octanol–water partition coefficient (Wildman–Crippen LogP) is 5.78. The third-order valence-electron chi connectivity index (χ3n) is 5.31. The Labute approximate surface area is 189 Å². The van der Waals surface area contributed by atoms with Crippen molar-refractivity contribution in [3.63, 3.8) is 0 Å². The molecule has 0 aliphatic heterocycles. The van der Waals surface area contributed by atoms with Crippen molar-refractivity contribution in [2.45, 2.75) is 26.4 Å². The molecule has 0 saturated heterocycles. The van der Waals surface area contributed by atoms with Gasteiger partial charge in [0.2, 0.25) is 5.91 Å². The Kier molecular flexibility index (Phi) is 6.93. The van der Waals surface area contributed by atoms with Crippen LogP contribution < -0.4 is 10.2 Å². The molecule has 0 atom stereocenters. The van der Waals surface area contributed by atoms with Gasteiger partial charge >= 0.3 is 0 Å². The van der Waals surface area contributed by atoms with Gasteiger partial charge in [0.25, 0.3) is 0 Å². The molecule has 0 radical (unpaired) electrons. The van der Waals surface area contributed by atoms with Crippen LogP contribution in [0.1, 0.15) is 22.4 Å². The van der Waals surface area contributed by atoms with Crippen molar-refractivity contribution in [2.75, 3.05) is 10.2 Å². The molecule has 3 aromatic carbocycles. The second-order valence-corrected chi connectivity index (χ2v) is 7.84. The van der Waals surface area contributed by atoms with E-state index in [1.165, 1.54) is 11.1 Å². The molecular formula is C28H27N3O. The first kappa shape index (κ1) is 21.3. The van der Waals surface area contributed by atoms with E-state index in [1.54, 1.807) is 0 Å². The van der Waals surface area contributed by atoms with Crippen LogP contribution in [0.4, 0.5) is 11.5 Å². The summed E-state index contributed by atoms with van der Waals surface area (Å²) < 4.78 is 0. The van der Waals surface area contributed by atoms with Crippen LogP contribution in [0.3, 0.4) is 0 Å². The third kappa shape index (κ3) is 5.82. The number of pyridine rings is 1. The molecule has 1 N–H and O–H groups in total. The summed E-state index contributed by atoms with van der Waals surface area (Å²) in [5.74, 6) is 0.843. The number of nitrogens with one attached hydrogen (secondary N) is 1. The first-order chi connectivity index (χ1) is 15.7. The van der Waals surface area contributed by atoms with Gasteiger partial charge in [0.15, 0.2) is 0 Å². The maximum atomic E-state index is 12.5. The summed E-state index contributed by atoms with van der Waals surface area (Å²) in [6, 6.07) is 34.5. The minimum atomic E-state index is -0.0423. The number of carbonyl (C=O) groups is 1. The molecule has 0 bridgehead atoms. The first-order valence-corrected chi connectivity index (χ1v) is 10.8. The minimum absolute atomic E-state index is 0.0423. The van der Waals surface area contributed by atoms with Gasteiger partial charge in [-0.3, -0.25) is 4.79 Å². The summed E-state index contributed by atoms with van der Waals surface area (Å²) in [5.41, 5.74) is 4.99. The highest BCUT2D eigenvalue weighted by molar-refractivity contribution is 5.92. The van der Waals surface area contributed by atoms with Crippen LogP contribution in [0, 0.1) is 6.92 Å². The molecule has 0 spiro atoms. The van der Waals surface area contributed by atoms with Crippen LogP contribution in [0.25, 0.3) is 0 Å². The Morgan fingerprint density at radius 2 is 1.22 bits per heavy atom. The van der Waals surface area contributed by atoms with Crippen molar-refractivity contribution in [1.29, 1.82) is 0 Å². The van der Waals surface area contributed by atoms with Crippen molar-refractivity contribution in [3.05, 3.63) is 126 Å². The van der Waals surface area contributed by atoms with Gasteiger partial charge in [0.05, 0.1) is 17.8 Å². The molecule has 4 heteroatoms. The topological polar surface area (TPSA) is 45.2 Å². The van der Waals surface area contributed by atoms with Crippen LogP contribution in [0.15, 0.2) is 103 Å². The van der Waals surface area contributed by atoms with E-state index in [0.29, 0.717) is 6.42 Å². The third-order valence-corrected chi connectivity index (χ3v) is 5.31. The zero-order chi connectivity index (χ0) is 22.2. The van der Waals surface area contributed by atoms with Gasteiger partial charge < -0.3 is 10.2 Å². The summed E-state index contributed by atoms with van der Waals surface area (Å²) in [7, 11) is 0. The molecule has 1 heterocycles. The molecule has 0 unspecified atom stereocenters. The fraction of sp³-hybridized carbons (Fsp3) is 0.143. The zero-order valence-corrected chi connectivity index (χ0v) is 18.2. The maximum Gasteiger partial charge on any atom is 0.228 e. The minimum Gasteiger partial charge on any atom is -0.348 e. The standard InChI is InChI=1S/C28H27N3O/c1-22-26(30-28(32)19-23-11-5-2-6-12-23)17-18-27(29-22)31(20-24-13-7-3-8-14-24)21-25-15-9-4-10-16-25/h2-18H,19-21H2,1H3,(H,30,32). The Balaban J connectivity index is 1.52. The Bertz CT molecular complexity index is 1100. The number of anilines is 2. The van der Waals surface area contributed by atoms with E-state index in [0.717, 1.165) is 35.9 Å². The van der Waals surface area contributed by atoms with Gasteiger partial charge in [-0.25, -0.2) is 4.98 Å². The Morgan fingerprint density at radius 1 is 0.719 bits per heavy atom. The van der Waals surface area contributed by atoms with E-state index in [1.807, 2.05) is 61.5 Å². The number of benzene rings is 3. The van der Waals surface area contributed by atoms with Crippen molar-refractivity contribution in [3.8, 4) is 0 Å². The highest BCUT2D eigenvalue weighted by Crippen LogP contribution is 2.23. The lowest BCUT2D eigenvalue weighted by atomic mass is 10.1. The fourth-order valence-electron chi connectivity index (χ4n) is 3.66. The number of carbonyl (C=O) groups excluding carboxylic acids is 1. The van der Waals surface area contributed by atoms with Crippen LogP contribution in [0.5, 0.6) is 0 Å². The van der Waals surface area contributed by atoms with Gasteiger partial charge in [-0.05, 0) is 35.7 Å². The largest absolute Gasteiger partial charge is 0.348 e. The molecule has 4 nitrogen and oxygen atoms in total. The summed E-state index contributed by atoms with van der Waals surface area (Å²) in [6.45, 7) is 3.44. The number of hydrogen-bond donors (Lipinski definition) is 1. The Hall–Kier alpha value is -3.92. The lowest BCUT2D eigenvalue weighted by Crippen LogP contribution is -2.24. The van der Waals surface area contributed by atoms with Gasteiger partial charge in [0, 0.05) is 13.1 Å². The quantitative estimate of drug-likeness (QED) is 0.392. The Morgan fingerprint density at radius 3 is 1.72 bits per heavy atom. The van der Waals surface area contributed by atoms with Gasteiger partial charge in [0.1, 0.15) is 5.82 Å². The van der Waals surface area contributed by atoms with E-state index in [-0.39, 0.29) is 5.91 Å². The van der Waals surface area contributed by atoms with Crippen LogP contribution in [-0.4, -0.2) is 10.9 Å². The molecular weight excluding hydrogens is 394 g/mol. The molecule has 4 rings (SSSR count). The molecule has 0 fully saturated rings. The SMILES string of the molecule is Cc1nc(N(Cc2ccccc2)Cc2ccccc2)ccc1NC(=O)Cc1ccccc1. The molecule has 4 aromatic rings. The molecule has 0 aliphatic rings. The molecule has 0 aliphatic carbocycles. The van der Waals surface area contributed by atoms with Crippen molar-refractivity contribution in [1.82, 2.24) is 4.98 Å². The van der Waals surface area contributed by atoms with Gasteiger partial charge in [-0.2, -0.15) is 0 Å². The van der Waals surface area contributed by atoms with Crippen LogP contribution in [0.2, 0.25) is 0 Å². The molecule has 1 amide bonds. The first-order valence-electron chi connectivity index (χ1n) is 10.8. The molecule has 0 saturated carbocycles. The zero-order valence-electron chi connectivity index (χ0n) is 18.2. The smallest absolute Gasteiger partial charge is 0.228 e. The van der Waals surface area contributed by atoms with Crippen molar-refractivity contribution < 1.29 is 4.79 Å². The number of aromatic nitrogens is 1. The van der Waals surface area contributed by atoms with E-state index in [9.17, 15) is 4.79 Å². The lowest BCUT2D eigenvalue weighted by Gasteiger charge is -2.25. The average molecular weight is 422 g/mol. The van der Waals surface area contributed by atoms with Gasteiger partial charge in [-0.1, -0.05) is 91.0 Å². The summed E-state index contributed by atoms with van der Waals surface area (Å²) >= 11 is 0. The number of hydrogen-bond acceptors (Lipinski definition) is 3. The number of amides is 1. The molecule has 160 valence electrons. The number of nitrogens with zero attached hydrogens (tertiary/aromatic N) is 2. The molecule has 1 aromatic heterocycles. The number of rotatable bonds is 8. The highest BCUT2D eigenvalue weighted by atomic mass is 16.1. The highest BCUT2D eigenvalue weighted by Gasteiger charge is 2.13. The predicted molar refractivity (Wildman–Crippen MR) is 131 cm³/mol. The normalized spacial score (nSPS) is 10.5. The van der Waals surface area contributed by atoms with Gasteiger partial charge in [-0.15, -0.1) is 0 Å². The second-order valence-electron chi connectivity index (χ2n) is 7.84. The maximum absolute atomic E-state index is 12.5. The second kappa shape index (κ2) is 10.4. The number of aryl methyl sites for hydroxylation is 1. The summed E-state index contributed by atoms with van der Waals surface area (Å²) in [6.07, 6.45) is 0.343. The van der Waals surface area contributed by atoms with E-state index >= 15 is 0 Å². The fourth-order valence-corrected chi connectivity index (χ4v) is 3.66. The average Bonchev–Trinajstić information content (AvgIpc) is 2.82. The summed E-state index contributed by atoms with van der Waals surface area (Å²) in [5, 5.41) is 3.00. The molecule has 32 heavy (non-hydrogen) atoms. The monoisotopic (exact) mass is 421 g/mol.